The van der Waals surface area contributed by atoms with Crippen LogP contribution < -0.4 is 0 Å². The molecular formula is C10H8BrClN4. The largest absolute Gasteiger partial charge is 0.257 e. The Bertz CT molecular complexity index is 539. The molecule has 1 aliphatic rings. The third kappa shape index (κ3) is 1.55. The maximum atomic E-state index is 6.14. The highest BCUT2D eigenvalue weighted by Crippen LogP contribution is 2.33. The zero-order chi connectivity index (χ0) is 11.1. The van der Waals surface area contributed by atoms with Crippen molar-refractivity contribution in [3.8, 4) is 0 Å². The van der Waals surface area contributed by atoms with Crippen LogP contribution in [0.5, 0.6) is 0 Å². The first-order chi connectivity index (χ1) is 7.75. The Balaban J connectivity index is 2.07. The molecule has 82 valence electrons. The van der Waals surface area contributed by atoms with E-state index in [0.717, 1.165) is 24.4 Å². The molecule has 1 atom stereocenters. The summed E-state index contributed by atoms with van der Waals surface area (Å²) < 4.78 is 2.53. The van der Waals surface area contributed by atoms with E-state index >= 15 is 0 Å². The average Bonchev–Trinajstić information content (AvgIpc) is 2.78. The number of hydrogen-bond acceptors (Lipinski definition) is 3. The van der Waals surface area contributed by atoms with Gasteiger partial charge in [-0.05, 0) is 34.5 Å². The molecule has 0 amide bonds. The Morgan fingerprint density at radius 1 is 1.50 bits per heavy atom. The fourth-order valence-electron chi connectivity index (χ4n) is 2.03. The first-order valence-corrected chi connectivity index (χ1v) is 6.14. The Labute approximate surface area is 106 Å². The Hall–Kier alpha value is -0.940. The fourth-order valence-corrected chi connectivity index (χ4v) is 2.65. The van der Waals surface area contributed by atoms with Gasteiger partial charge in [0.25, 0.3) is 0 Å². The van der Waals surface area contributed by atoms with Crippen molar-refractivity contribution in [1.29, 1.82) is 0 Å². The van der Waals surface area contributed by atoms with Crippen LogP contribution in [0.1, 0.15) is 24.0 Å². The monoisotopic (exact) mass is 298 g/mol. The normalized spacial score (nSPS) is 18.8. The topological polar surface area (TPSA) is 43.6 Å². The van der Waals surface area contributed by atoms with Crippen molar-refractivity contribution in [2.75, 3.05) is 0 Å². The summed E-state index contributed by atoms with van der Waals surface area (Å²) in [6.45, 7) is 0. The molecule has 0 aliphatic carbocycles. The lowest BCUT2D eigenvalue weighted by Gasteiger charge is -2.11. The molecule has 16 heavy (non-hydrogen) atoms. The molecule has 0 spiro atoms. The zero-order valence-electron chi connectivity index (χ0n) is 8.27. The molecule has 0 saturated carbocycles. The lowest BCUT2D eigenvalue weighted by Crippen LogP contribution is -2.09. The molecule has 3 rings (SSSR count). The Kier molecular flexibility index (Phi) is 2.44. The standard InChI is InChI=1S/C10H8BrClN4/c11-10-14-8-4-3-7(16(8)15-10)9-6(12)2-1-5-13-9/h1-2,5,7H,3-4H2. The van der Waals surface area contributed by atoms with Gasteiger partial charge >= 0.3 is 0 Å². The summed E-state index contributed by atoms with van der Waals surface area (Å²) in [7, 11) is 0. The van der Waals surface area contributed by atoms with Crippen LogP contribution in [0.2, 0.25) is 5.02 Å². The minimum absolute atomic E-state index is 0.113. The van der Waals surface area contributed by atoms with Crippen LogP contribution in [0.4, 0.5) is 0 Å². The van der Waals surface area contributed by atoms with Gasteiger partial charge in [0.1, 0.15) is 5.82 Å². The number of aromatic nitrogens is 4. The summed E-state index contributed by atoms with van der Waals surface area (Å²) in [5.74, 6) is 0.985. The van der Waals surface area contributed by atoms with Crippen molar-refractivity contribution in [2.45, 2.75) is 18.9 Å². The van der Waals surface area contributed by atoms with Crippen LogP contribution >= 0.6 is 27.5 Å². The second-order valence-corrected chi connectivity index (χ2v) is 4.78. The molecule has 0 radical (unpaired) electrons. The molecule has 3 heterocycles. The molecule has 1 aliphatic heterocycles. The van der Waals surface area contributed by atoms with E-state index in [1.807, 2.05) is 16.8 Å². The van der Waals surface area contributed by atoms with Crippen LogP contribution in [-0.4, -0.2) is 19.7 Å². The van der Waals surface area contributed by atoms with E-state index in [9.17, 15) is 0 Å². The van der Waals surface area contributed by atoms with Gasteiger partial charge in [0, 0.05) is 12.6 Å². The van der Waals surface area contributed by atoms with Gasteiger partial charge in [-0.15, -0.1) is 5.10 Å². The molecule has 4 nitrogen and oxygen atoms in total. The van der Waals surface area contributed by atoms with Crippen molar-refractivity contribution >= 4 is 27.5 Å². The fraction of sp³-hybridized carbons (Fsp3) is 0.300. The molecule has 0 N–H and O–H groups in total. The quantitative estimate of drug-likeness (QED) is 0.813. The van der Waals surface area contributed by atoms with Crippen LogP contribution in [0.25, 0.3) is 0 Å². The van der Waals surface area contributed by atoms with Crippen molar-refractivity contribution in [3.05, 3.63) is 39.6 Å². The van der Waals surface area contributed by atoms with E-state index in [1.54, 1.807) is 6.20 Å². The summed E-state index contributed by atoms with van der Waals surface area (Å²) in [4.78, 5) is 8.63. The second kappa shape index (κ2) is 3.82. The average molecular weight is 300 g/mol. The minimum atomic E-state index is 0.113. The smallest absolute Gasteiger partial charge is 0.217 e. The Morgan fingerprint density at radius 2 is 2.38 bits per heavy atom. The van der Waals surface area contributed by atoms with Crippen molar-refractivity contribution in [3.63, 3.8) is 0 Å². The maximum absolute atomic E-state index is 6.14. The maximum Gasteiger partial charge on any atom is 0.217 e. The molecule has 2 aromatic rings. The highest BCUT2D eigenvalue weighted by atomic mass is 79.9. The van der Waals surface area contributed by atoms with Crippen molar-refractivity contribution in [2.24, 2.45) is 0 Å². The van der Waals surface area contributed by atoms with Gasteiger partial charge in [-0.2, -0.15) is 0 Å². The molecule has 0 bridgehead atoms. The summed E-state index contributed by atoms with van der Waals surface area (Å²) in [5, 5.41) is 5.00. The number of nitrogens with zero attached hydrogens (tertiary/aromatic N) is 4. The van der Waals surface area contributed by atoms with Crippen molar-refractivity contribution in [1.82, 2.24) is 19.7 Å². The lowest BCUT2D eigenvalue weighted by molar-refractivity contribution is 0.539. The van der Waals surface area contributed by atoms with Crippen LogP contribution in [0, 0.1) is 0 Å². The summed E-state index contributed by atoms with van der Waals surface area (Å²) in [6, 6.07) is 3.80. The number of hydrogen-bond donors (Lipinski definition) is 0. The number of fused-ring (bicyclic) bond motifs is 1. The van der Waals surface area contributed by atoms with Gasteiger partial charge < -0.3 is 0 Å². The van der Waals surface area contributed by atoms with Crippen LogP contribution in [0.15, 0.2) is 23.1 Å². The third-order valence-electron chi connectivity index (χ3n) is 2.72. The second-order valence-electron chi connectivity index (χ2n) is 3.67. The van der Waals surface area contributed by atoms with E-state index in [4.69, 9.17) is 11.6 Å². The van der Waals surface area contributed by atoms with Gasteiger partial charge in [-0.1, -0.05) is 11.6 Å². The van der Waals surface area contributed by atoms with E-state index in [0.29, 0.717) is 9.76 Å². The van der Waals surface area contributed by atoms with Crippen LogP contribution in [-0.2, 0) is 6.42 Å². The first kappa shape index (κ1) is 10.2. The molecule has 1 unspecified atom stereocenters. The van der Waals surface area contributed by atoms with Gasteiger partial charge in [0.15, 0.2) is 0 Å². The molecule has 0 saturated heterocycles. The highest BCUT2D eigenvalue weighted by molar-refractivity contribution is 9.10. The van der Waals surface area contributed by atoms with Crippen molar-refractivity contribution < 1.29 is 0 Å². The van der Waals surface area contributed by atoms with E-state index < -0.39 is 0 Å². The number of halogens is 2. The third-order valence-corrected chi connectivity index (χ3v) is 3.37. The summed E-state index contributed by atoms with van der Waals surface area (Å²) in [5.41, 5.74) is 0.875. The molecule has 6 heteroatoms. The number of rotatable bonds is 1. The number of pyridine rings is 1. The van der Waals surface area contributed by atoms with Gasteiger partial charge in [-0.25, -0.2) is 9.67 Å². The summed E-state index contributed by atoms with van der Waals surface area (Å²) in [6.07, 6.45) is 3.63. The Morgan fingerprint density at radius 3 is 3.19 bits per heavy atom. The predicted molar refractivity (Wildman–Crippen MR) is 63.4 cm³/mol. The lowest BCUT2D eigenvalue weighted by atomic mass is 10.1. The SMILES string of the molecule is Clc1cccnc1C1CCc2nc(Br)nn21. The van der Waals surface area contributed by atoms with E-state index in [-0.39, 0.29) is 6.04 Å². The van der Waals surface area contributed by atoms with Gasteiger partial charge in [0.2, 0.25) is 4.73 Å². The predicted octanol–water partition coefficient (Wildman–Crippen LogP) is 2.62. The number of aryl methyl sites for hydroxylation is 1. The first-order valence-electron chi connectivity index (χ1n) is 4.97. The molecule has 0 fully saturated rings. The zero-order valence-corrected chi connectivity index (χ0v) is 10.6. The van der Waals surface area contributed by atoms with Gasteiger partial charge in [-0.3, -0.25) is 4.98 Å². The van der Waals surface area contributed by atoms with E-state index in [1.165, 1.54) is 0 Å². The highest BCUT2D eigenvalue weighted by Gasteiger charge is 2.28. The van der Waals surface area contributed by atoms with Crippen LogP contribution in [0.3, 0.4) is 0 Å². The molecule has 0 aromatic carbocycles. The molecular weight excluding hydrogens is 291 g/mol. The minimum Gasteiger partial charge on any atom is -0.257 e. The summed E-state index contributed by atoms with van der Waals surface area (Å²) >= 11 is 9.42. The molecule has 2 aromatic heterocycles. The van der Waals surface area contributed by atoms with Gasteiger partial charge in [0.05, 0.1) is 16.8 Å². The van der Waals surface area contributed by atoms with E-state index in [2.05, 4.69) is 31.0 Å².